The minimum atomic E-state index is -0.539. The number of nitrogens with zero attached hydrogens (tertiary/aromatic N) is 2. The first-order valence-corrected chi connectivity index (χ1v) is 5.67. The number of carbonyl (C=O) groups is 1. The van der Waals surface area contributed by atoms with Gasteiger partial charge in [0, 0.05) is 18.3 Å². The fourth-order valence-electron chi connectivity index (χ4n) is 1.55. The number of hydrogen-bond donors (Lipinski definition) is 2. The van der Waals surface area contributed by atoms with Crippen LogP contribution in [0.25, 0.3) is 0 Å². The van der Waals surface area contributed by atoms with Crippen LogP contribution in [-0.4, -0.2) is 45.3 Å². The third-order valence-electron chi connectivity index (χ3n) is 3.28. The van der Waals surface area contributed by atoms with Gasteiger partial charge >= 0.3 is 0 Å². The fourth-order valence-corrected chi connectivity index (χ4v) is 1.55. The Morgan fingerprint density at radius 2 is 2.06 bits per heavy atom. The smallest absolute Gasteiger partial charge is 0.227 e. The minimum absolute atomic E-state index is 0.0170. The zero-order valence-electron chi connectivity index (χ0n) is 11.2. The molecule has 2 N–H and O–H groups in total. The Morgan fingerprint density at radius 1 is 1.47 bits per heavy atom. The summed E-state index contributed by atoms with van der Waals surface area (Å²) in [4.78, 5) is 13.7. The van der Waals surface area contributed by atoms with Gasteiger partial charge in [0.15, 0.2) is 0 Å². The van der Waals surface area contributed by atoms with Gasteiger partial charge < -0.3 is 10.0 Å². The van der Waals surface area contributed by atoms with E-state index < -0.39 is 5.54 Å². The van der Waals surface area contributed by atoms with E-state index in [0.717, 1.165) is 17.0 Å². The van der Waals surface area contributed by atoms with E-state index in [1.54, 1.807) is 11.9 Å². The van der Waals surface area contributed by atoms with Crippen molar-refractivity contribution < 1.29 is 9.90 Å². The number of aliphatic hydroxyl groups is 1. The quantitative estimate of drug-likeness (QED) is 0.816. The van der Waals surface area contributed by atoms with Crippen molar-refractivity contribution >= 4 is 5.91 Å². The van der Waals surface area contributed by atoms with E-state index in [-0.39, 0.29) is 12.5 Å². The van der Waals surface area contributed by atoms with E-state index in [4.69, 9.17) is 0 Å². The number of aromatic amines is 1. The molecule has 0 saturated carbocycles. The van der Waals surface area contributed by atoms with Crippen LogP contribution in [-0.2, 0) is 11.2 Å². The Kier molecular flexibility index (Phi) is 3.93. The largest absolute Gasteiger partial charge is 0.394 e. The Balaban J connectivity index is 2.80. The molecule has 0 atom stereocenters. The topological polar surface area (TPSA) is 69.2 Å². The van der Waals surface area contributed by atoms with Crippen LogP contribution in [0.1, 0.15) is 30.8 Å². The third-order valence-corrected chi connectivity index (χ3v) is 3.28. The molecule has 0 fully saturated rings. The lowest BCUT2D eigenvalue weighted by atomic mass is 10.0. The van der Waals surface area contributed by atoms with Crippen molar-refractivity contribution in [3.05, 3.63) is 17.0 Å². The van der Waals surface area contributed by atoms with E-state index in [1.165, 1.54) is 0 Å². The number of aryl methyl sites for hydroxylation is 2. The van der Waals surface area contributed by atoms with Crippen LogP contribution in [0.3, 0.4) is 0 Å². The van der Waals surface area contributed by atoms with E-state index in [0.29, 0.717) is 6.42 Å². The standard InChI is InChI=1S/C12H21N3O2/c1-8-10(9(2)14-13-8)6-11(17)15(5)12(3,4)7-16/h16H,6-7H2,1-5H3,(H,13,14). The van der Waals surface area contributed by atoms with Crippen molar-refractivity contribution in [1.82, 2.24) is 15.1 Å². The van der Waals surface area contributed by atoms with Crippen molar-refractivity contribution in [3.8, 4) is 0 Å². The monoisotopic (exact) mass is 239 g/mol. The molecular weight excluding hydrogens is 218 g/mol. The molecular formula is C12H21N3O2. The maximum absolute atomic E-state index is 12.1. The molecule has 17 heavy (non-hydrogen) atoms. The second-order valence-corrected chi connectivity index (χ2v) is 5.01. The summed E-state index contributed by atoms with van der Waals surface area (Å²) in [6.45, 7) is 7.39. The number of aromatic nitrogens is 2. The molecule has 0 unspecified atom stereocenters. The number of amides is 1. The van der Waals surface area contributed by atoms with Gasteiger partial charge in [0.1, 0.15) is 0 Å². The summed E-state index contributed by atoms with van der Waals surface area (Å²) < 4.78 is 0. The second-order valence-electron chi connectivity index (χ2n) is 5.01. The number of nitrogens with one attached hydrogen (secondary N) is 1. The molecule has 1 aromatic rings. The zero-order chi connectivity index (χ0) is 13.2. The molecule has 1 amide bonds. The van der Waals surface area contributed by atoms with Crippen LogP contribution in [0, 0.1) is 13.8 Å². The van der Waals surface area contributed by atoms with E-state index >= 15 is 0 Å². The molecule has 0 aliphatic carbocycles. The maximum Gasteiger partial charge on any atom is 0.227 e. The fraction of sp³-hybridized carbons (Fsp3) is 0.667. The summed E-state index contributed by atoms with van der Waals surface area (Å²) in [5.41, 5.74) is 2.18. The number of hydrogen-bond acceptors (Lipinski definition) is 3. The van der Waals surface area contributed by atoms with Crippen LogP contribution in [0.2, 0.25) is 0 Å². The minimum Gasteiger partial charge on any atom is -0.394 e. The number of aliphatic hydroxyl groups excluding tert-OH is 1. The van der Waals surface area contributed by atoms with Gasteiger partial charge in [-0.15, -0.1) is 0 Å². The van der Waals surface area contributed by atoms with Crippen LogP contribution in [0.5, 0.6) is 0 Å². The molecule has 5 heteroatoms. The normalized spacial score (nSPS) is 11.6. The summed E-state index contributed by atoms with van der Waals surface area (Å²) >= 11 is 0. The Labute approximate surface area is 102 Å². The Hall–Kier alpha value is -1.36. The Morgan fingerprint density at radius 3 is 2.47 bits per heavy atom. The lowest BCUT2D eigenvalue weighted by Gasteiger charge is -2.34. The summed E-state index contributed by atoms with van der Waals surface area (Å²) in [7, 11) is 1.71. The summed E-state index contributed by atoms with van der Waals surface area (Å²) in [6.07, 6.45) is 0.314. The summed E-state index contributed by atoms with van der Waals surface area (Å²) in [6, 6.07) is 0. The van der Waals surface area contributed by atoms with Crippen LogP contribution < -0.4 is 0 Å². The van der Waals surface area contributed by atoms with Gasteiger partial charge in [-0.3, -0.25) is 9.89 Å². The molecule has 0 saturated heterocycles. The Bertz CT molecular complexity index is 390. The zero-order valence-corrected chi connectivity index (χ0v) is 11.2. The van der Waals surface area contributed by atoms with Crippen molar-refractivity contribution in [2.24, 2.45) is 0 Å². The first kappa shape index (κ1) is 13.7. The molecule has 0 aliphatic rings. The second kappa shape index (κ2) is 4.87. The van der Waals surface area contributed by atoms with Gasteiger partial charge in [-0.1, -0.05) is 0 Å². The van der Waals surface area contributed by atoms with E-state index in [2.05, 4.69) is 10.2 Å². The first-order chi connectivity index (χ1) is 7.79. The highest BCUT2D eigenvalue weighted by Gasteiger charge is 2.27. The van der Waals surface area contributed by atoms with Gasteiger partial charge in [0.25, 0.3) is 0 Å². The number of likely N-dealkylation sites (N-methyl/N-ethyl adjacent to an activating group) is 1. The van der Waals surface area contributed by atoms with Crippen molar-refractivity contribution in [3.63, 3.8) is 0 Å². The van der Waals surface area contributed by atoms with Gasteiger partial charge in [-0.05, 0) is 27.7 Å². The van der Waals surface area contributed by atoms with Crippen LogP contribution >= 0.6 is 0 Å². The van der Waals surface area contributed by atoms with Gasteiger partial charge in [-0.25, -0.2) is 0 Å². The molecule has 1 heterocycles. The molecule has 0 aromatic carbocycles. The van der Waals surface area contributed by atoms with Gasteiger partial charge in [0.2, 0.25) is 5.91 Å². The SMILES string of the molecule is Cc1n[nH]c(C)c1CC(=O)N(C)C(C)(C)CO. The predicted molar refractivity (Wildman–Crippen MR) is 65.7 cm³/mol. The highest BCUT2D eigenvalue weighted by Crippen LogP contribution is 2.16. The number of rotatable bonds is 4. The van der Waals surface area contributed by atoms with Gasteiger partial charge in [0.05, 0.1) is 24.3 Å². The highest BCUT2D eigenvalue weighted by molar-refractivity contribution is 5.79. The number of H-pyrrole nitrogens is 1. The molecule has 1 aromatic heterocycles. The molecule has 0 bridgehead atoms. The van der Waals surface area contributed by atoms with E-state index in [1.807, 2.05) is 27.7 Å². The molecule has 0 aliphatic heterocycles. The third kappa shape index (κ3) is 2.85. The molecule has 1 rings (SSSR count). The van der Waals surface area contributed by atoms with Crippen molar-refractivity contribution in [1.29, 1.82) is 0 Å². The van der Waals surface area contributed by atoms with Crippen LogP contribution in [0.15, 0.2) is 0 Å². The van der Waals surface area contributed by atoms with Gasteiger partial charge in [-0.2, -0.15) is 5.10 Å². The maximum atomic E-state index is 12.1. The lowest BCUT2D eigenvalue weighted by molar-refractivity contribution is -0.135. The number of carbonyl (C=O) groups excluding carboxylic acids is 1. The molecule has 0 radical (unpaired) electrons. The van der Waals surface area contributed by atoms with Crippen molar-refractivity contribution in [2.45, 2.75) is 39.7 Å². The van der Waals surface area contributed by atoms with E-state index in [9.17, 15) is 9.90 Å². The molecule has 5 nitrogen and oxygen atoms in total. The molecule has 96 valence electrons. The average Bonchev–Trinajstić information content (AvgIpc) is 2.59. The highest BCUT2D eigenvalue weighted by atomic mass is 16.3. The lowest BCUT2D eigenvalue weighted by Crippen LogP contribution is -2.48. The molecule has 0 spiro atoms. The average molecular weight is 239 g/mol. The van der Waals surface area contributed by atoms with Crippen LogP contribution in [0.4, 0.5) is 0 Å². The summed E-state index contributed by atoms with van der Waals surface area (Å²) in [5, 5.41) is 16.2. The summed E-state index contributed by atoms with van der Waals surface area (Å²) in [5.74, 6) is -0.0170. The first-order valence-electron chi connectivity index (χ1n) is 5.67. The predicted octanol–water partition coefficient (Wildman–Crippen LogP) is 0.798. The van der Waals surface area contributed by atoms with Crippen molar-refractivity contribution in [2.75, 3.05) is 13.7 Å².